The molecule has 0 atom stereocenters. The molecular formula is C10H12N2O. The molecule has 3 nitrogen and oxygen atoms in total. The number of hydrogen-bond donors (Lipinski definition) is 1. The minimum Gasteiger partial charge on any atom is -0.269 e. The molecule has 3 heteroatoms. The van der Waals surface area contributed by atoms with Crippen molar-refractivity contribution < 1.29 is 4.79 Å². The van der Waals surface area contributed by atoms with Gasteiger partial charge in [0.1, 0.15) is 0 Å². The smallest absolute Gasteiger partial charge is 0.268 e. The monoisotopic (exact) mass is 176 g/mol. The number of hydrogen-bond acceptors (Lipinski definition) is 2. The predicted octanol–water partition coefficient (Wildman–Crippen LogP) is 1.17. The van der Waals surface area contributed by atoms with Crippen LogP contribution in [-0.4, -0.2) is 17.5 Å². The van der Waals surface area contributed by atoms with Gasteiger partial charge in [0.25, 0.3) is 5.91 Å². The van der Waals surface area contributed by atoms with Crippen LogP contribution in [0.5, 0.6) is 0 Å². The van der Waals surface area contributed by atoms with E-state index in [0.29, 0.717) is 6.54 Å². The van der Waals surface area contributed by atoms with Crippen LogP contribution in [0.15, 0.2) is 24.3 Å². The van der Waals surface area contributed by atoms with E-state index in [-0.39, 0.29) is 5.91 Å². The summed E-state index contributed by atoms with van der Waals surface area (Å²) in [5, 5.41) is 1.66. The van der Waals surface area contributed by atoms with Gasteiger partial charge in [0.15, 0.2) is 0 Å². The second kappa shape index (κ2) is 3.18. The van der Waals surface area contributed by atoms with Crippen LogP contribution >= 0.6 is 0 Å². The molecule has 1 aliphatic heterocycles. The Morgan fingerprint density at radius 1 is 1.46 bits per heavy atom. The van der Waals surface area contributed by atoms with Crippen molar-refractivity contribution in [2.45, 2.75) is 13.5 Å². The van der Waals surface area contributed by atoms with Gasteiger partial charge in [-0.3, -0.25) is 9.80 Å². The van der Waals surface area contributed by atoms with Gasteiger partial charge in [0.05, 0.1) is 6.54 Å². The summed E-state index contributed by atoms with van der Waals surface area (Å²) in [7, 11) is 0. The third-order valence-corrected chi connectivity index (χ3v) is 2.17. The molecule has 1 aromatic carbocycles. The van der Waals surface area contributed by atoms with Crippen molar-refractivity contribution in [3.05, 3.63) is 35.4 Å². The Morgan fingerprint density at radius 3 is 2.92 bits per heavy atom. The molecular weight excluding hydrogens is 164 g/mol. The number of carbonyl (C=O) groups is 1. The minimum absolute atomic E-state index is 0.0810. The zero-order valence-electron chi connectivity index (χ0n) is 7.58. The number of rotatable bonds is 2. The Bertz CT molecular complexity index is 335. The molecule has 2 rings (SSSR count). The van der Waals surface area contributed by atoms with E-state index in [0.717, 1.165) is 17.7 Å². The number of nitrogens with one attached hydrogen (secondary N) is 1. The molecule has 13 heavy (non-hydrogen) atoms. The molecule has 0 fully saturated rings. The van der Waals surface area contributed by atoms with E-state index in [1.54, 1.807) is 5.01 Å². The Hall–Kier alpha value is -1.35. The molecule has 1 aromatic rings. The Labute approximate surface area is 77.3 Å². The van der Waals surface area contributed by atoms with Crippen LogP contribution in [0.1, 0.15) is 22.8 Å². The van der Waals surface area contributed by atoms with E-state index >= 15 is 0 Å². The summed E-state index contributed by atoms with van der Waals surface area (Å²) < 4.78 is 0. The molecule has 0 saturated carbocycles. The molecule has 1 aliphatic rings. The number of carbonyl (C=O) groups excluding carboxylic acids is 1. The first kappa shape index (κ1) is 8.26. The predicted molar refractivity (Wildman–Crippen MR) is 50.0 cm³/mol. The summed E-state index contributed by atoms with van der Waals surface area (Å²) in [5.41, 5.74) is 4.95. The number of fused-ring (bicyclic) bond motifs is 1. The SMILES string of the molecule is CCNN1Cc2ccccc2C1=O. The Balaban J connectivity index is 2.28. The van der Waals surface area contributed by atoms with Crippen molar-refractivity contribution >= 4 is 5.91 Å². The first-order valence-corrected chi connectivity index (χ1v) is 4.46. The Morgan fingerprint density at radius 2 is 2.23 bits per heavy atom. The van der Waals surface area contributed by atoms with Crippen LogP contribution in [0.3, 0.4) is 0 Å². The fraction of sp³-hybridized carbons (Fsp3) is 0.300. The second-order valence-electron chi connectivity index (χ2n) is 3.06. The number of amides is 1. The van der Waals surface area contributed by atoms with Crippen LogP contribution in [-0.2, 0) is 6.54 Å². The van der Waals surface area contributed by atoms with Crippen LogP contribution < -0.4 is 5.43 Å². The van der Waals surface area contributed by atoms with Crippen molar-refractivity contribution in [2.24, 2.45) is 0 Å². The maximum atomic E-state index is 11.7. The summed E-state index contributed by atoms with van der Waals surface area (Å²) in [6, 6.07) is 7.72. The molecule has 0 spiro atoms. The maximum Gasteiger partial charge on any atom is 0.268 e. The van der Waals surface area contributed by atoms with Crippen molar-refractivity contribution in [3.8, 4) is 0 Å². The van der Waals surface area contributed by atoms with Crippen molar-refractivity contribution in [1.29, 1.82) is 0 Å². The van der Waals surface area contributed by atoms with Gasteiger partial charge in [0.2, 0.25) is 0 Å². The zero-order valence-corrected chi connectivity index (χ0v) is 7.58. The van der Waals surface area contributed by atoms with Crippen molar-refractivity contribution in [2.75, 3.05) is 6.54 Å². The summed E-state index contributed by atoms with van der Waals surface area (Å²) >= 11 is 0. The van der Waals surface area contributed by atoms with E-state index in [9.17, 15) is 4.79 Å². The summed E-state index contributed by atoms with van der Waals surface area (Å²) in [6.45, 7) is 3.44. The third kappa shape index (κ3) is 1.31. The van der Waals surface area contributed by atoms with Gasteiger partial charge >= 0.3 is 0 Å². The van der Waals surface area contributed by atoms with Gasteiger partial charge < -0.3 is 0 Å². The van der Waals surface area contributed by atoms with Crippen LogP contribution in [0, 0.1) is 0 Å². The molecule has 0 radical (unpaired) electrons. The zero-order chi connectivity index (χ0) is 9.26. The van der Waals surface area contributed by atoms with E-state index in [2.05, 4.69) is 5.43 Å². The molecule has 68 valence electrons. The van der Waals surface area contributed by atoms with Gasteiger partial charge in [-0.05, 0) is 11.6 Å². The minimum atomic E-state index is 0.0810. The van der Waals surface area contributed by atoms with Crippen LogP contribution in [0.2, 0.25) is 0 Å². The van der Waals surface area contributed by atoms with Crippen molar-refractivity contribution in [3.63, 3.8) is 0 Å². The fourth-order valence-corrected chi connectivity index (χ4v) is 1.57. The quantitative estimate of drug-likeness (QED) is 0.733. The number of hydrazine groups is 1. The highest BCUT2D eigenvalue weighted by Crippen LogP contribution is 2.19. The van der Waals surface area contributed by atoms with E-state index in [4.69, 9.17) is 0 Å². The Kier molecular flexibility index (Phi) is 2.02. The van der Waals surface area contributed by atoms with Gasteiger partial charge in [-0.1, -0.05) is 25.1 Å². The summed E-state index contributed by atoms with van der Waals surface area (Å²) in [4.78, 5) is 11.7. The summed E-state index contributed by atoms with van der Waals surface area (Å²) in [6.07, 6.45) is 0. The fourth-order valence-electron chi connectivity index (χ4n) is 1.57. The lowest BCUT2D eigenvalue weighted by Gasteiger charge is -2.14. The normalized spacial score (nSPS) is 14.8. The molecule has 1 heterocycles. The lowest BCUT2D eigenvalue weighted by atomic mass is 10.1. The average Bonchev–Trinajstić information content (AvgIpc) is 2.46. The standard InChI is InChI=1S/C10H12N2O/c1-2-11-12-7-8-5-3-4-6-9(8)10(12)13/h3-6,11H,2,7H2,1H3. The number of nitrogens with zero attached hydrogens (tertiary/aromatic N) is 1. The van der Waals surface area contributed by atoms with E-state index < -0.39 is 0 Å². The third-order valence-electron chi connectivity index (χ3n) is 2.17. The topological polar surface area (TPSA) is 32.3 Å². The first-order chi connectivity index (χ1) is 6.33. The maximum absolute atomic E-state index is 11.7. The highest BCUT2D eigenvalue weighted by Gasteiger charge is 2.25. The number of benzene rings is 1. The average molecular weight is 176 g/mol. The van der Waals surface area contributed by atoms with E-state index in [1.165, 1.54) is 0 Å². The highest BCUT2D eigenvalue weighted by atomic mass is 16.2. The summed E-state index contributed by atoms with van der Waals surface area (Å²) in [5.74, 6) is 0.0810. The van der Waals surface area contributed by atoms with Crippen LogP contribution in [0.25, 0.3) is 0 Å². The second-order valence-corrected chi connectivity index (χ2v) is 3.06. The first-order valence-electron chi connectivity index (χ1n) is 4.46. The van der Waals surface area contributed by atoms with Crippen molar-refractivity contribution in [1.82, 2.24) is 10.4 Å². The van der Waals surface area contributed by atoms with E-state index in [1.807, 2.05) is 31.2 Å². The lowest BCUT2D eigenvalue weighted by Crippen LogP contribution is -2.37. The van der Waals surface area contributed by atoms with Gasteiger partial charge in [-0.25, -0.2) is 5.43 Å². The van der Waals surface area contributed by atoms with Crippen LogP contribution in [0.4, 0.5) is 0 Å². The molecule has 0 saturated heterocycles. The highest BCUT2D eigenvalue weighted by molar-refractivity contribution is 5.97. The molecule has 0 unspecified atom stereocenters. The largest absolute Gasteiger partial charge is 0.269 e. The van der Waals surface area contributed by atoms with Gasteiger partial charge in [-0.2, -0.15) is 0 Å². The van der Waals surface area contributed by atoms with Gasteiger partial charge in [0, 0.05) is 12.1 Å². The molecule has 1 amide bonds. The molecule has 1 N–H and O–H groups in total. The lowest BCUT2D eigenvalue weighted by molar-refractivity contribution is 0.0689. The van der Waals surface area contributed by atoms with Gasteiger partial charge in [-0.15, -0.1) is 0 Å². The molecule has 0 bridgehead atoms. The molecule has 0 aromatic heterocycles. The molecule has 0 aliphatic carbocycles.